The van der Waals surface area contributed by atoms with E-state index in [0.717, 1.165) is 61.1 Å². The topological polar surface area (TPSA) is 62.1 Å². The number of aromatic amines is 1. The van der Waals surface area contributed by atoms with E-state index in [4.69, 9.17) is 4.42 Å². The molecule has 5 heteroatoms. The van der Waals surface area contributed by atoms with Crippen LogP contribution >= 0.6 is 0 Å². The molecule has 3 aromatic rings. The first-order chi connectivity index (χ1) is 12.2. The highest BCUT2D eigenvalue weighted by atomic mass is 16.3. The van der Waals surface area contributed by atoms with Crippen LogP contribution in [0.5, 0.6) is 0 Å². The van der Waals surface area contributed by atoms with Gasteiger partial charge < -0.3 is 14.3 Å². The van der Waals surface area contributed by atoms with Crippen molar-refractivity contribution < 1.29 is 9.21 Å². The lowest BCUT2D eigenvalue weighted by Gasteiger charge is -2.29. The van der Waals surface area contributed by atoms with Gasteiger partial charge in [-0.05, 0) is 31.4 Å². The smallest absolute Gasteiger partial charge is 0.229 e. The molecule has 1 aliphatic heterocycles. The van der Waals surface area contributed by atoms with E-state index in [-0.39, 0.29) is 5.41 Å². The molecule has 5 rings (SSSR count). The van der Waals surface area contributed by atoms with E-state index in [1.165, 1.54) is 0 Å². The minimum Gasteiger partial charge on any atom is -0.464 e. The van der Waals surface area contributed by atoms with Crippen molar-refractivity contribution in [2.45, 2.75) is 39.2 Å². The number of H-pyrrole nitrogens is 1. The van der Waals surface area contributed by atoms with Crippen LogP contribution in [0, 0.1) is 5.41 Å². The summed E-state index contributed by atoms with van der Waals surface area (Å²) in [7, 11) is 0. The number of hydrogen-bond donors (Lipinski definition) is 1. The van der Waals surface area contributed by atoms with Crippen molar-refractivity contribution >= 4 is 16.9 Å². The van der Waals surface area contributed by atoms with Crippen molar-refractivity contribution in [2.24, 2.45) is 5.41 Å². The molecule has 0 atom stereocenters. The number of imidazole rings is 1. The van der Waals surface area contributed by atoms with Crippen LogP contribution < -0.4 is 0 Å². The summed E-state index contributed by atoms with van der Waals surface area (Å²) in [6, 6.07) is 9.90. The van der Waals surface area contributed by atoms with Crippen LogP contribution in [0.4, 0.5) is 0 Å². The molecule has 0 radical (unpaired) electrons. The Morgan fingerprint density at radius 2 is 2.16 bits per heavy atom. The first kappa shape index (κ1) is 15.9. The number of para-hydroxylation sites is 1. The van der Waals surface area contributed by atoms with Crippen molar-refractivity contribution in [3.05, 3.63) is 54.3 Å². The number of furan rings is 1. The van der Waals surface area contributed by atoms with Gasteiger partial charge in [-0.3, -0.25) is 4.79 Å². The largest absolute Gasteiger partial charge is 0.464 e. The maximum absolute atomic E-state index is 12.3. The van der Waals surface area contributed by atoms with Crippen LogP contribution in [0.25, 0.3) is 11.0 Å². The standard InChI is InChI=1S/C12H17N3O.C8H6O/c1-2-12(4-5-12)11(16)15-6-3-9-10(7-15)14-8-13-9;1-2-4-8-7(3-1)5-6-9-8/h8H,2-7H2,1H3,(H,13,14);1-6H. The molecule has 1 saturated carbocycles. The third-order valence-corrected chi connectivity index (χ3v) is 5.41. The number of benzene rings is 1. The molecule has 3 heterocycles. The number of amides is 1. The lowest BCUT2D eigenvalue weighted by atomic mass is 10.00. The zero-order chi connectivity index (χ0) is 17.3. The number of rotatable bonds is 2. The van der Waals surface area contributed by atoms with Gasteiger partial charge >= 0.3 is 0 Å². The molecule has 0 unspecified atom stereocenters. The molecule has 2 aliphatic rings. The summed E-state index contributed by atoms with van der Waals surface area (Å²) >= 11 is 0. The average Bonchev–Trinajstić information content (AvgIpc) is 3.07. The van der Waals surface area contributed by atoms with Crippen molar-refractivity contribution in [1.29, 1.82) is 0 Å². The number of nitrogens with one attached hydrogen (secondary N) is 1. The summed E-state index contributed by atoms with van der Waals surface area (Å²) in [5, 5.41) is 1.16. The van der Waals surface area contributed by atoms with E-state index in [9.17, 15) is 4.79 Å². The number of nitrogens with zero attached hydrogens (tertiary/aromatic N) is 2. The van der Waals surface area contributed by atoms with Crippen molar-refractivity contribution in [2.75, 3.05) is 6.54 Å². The zero-order valence-corrected chi connectivity index (χ0v) is 14.5. The summed E-state index contributed by atoms with van der Waals surface area (Å²) < 4.78 is 5.12. The van der Waals surface area contributed by atoms with E-state index < -0.39 is 0 Å². The van der Waals surface area contributed by atoms with Crippen molar-refractivity contribution in [3.8, 4) is 0 Å². The minimum absolute atomic E-state index is 0.00246. The van der Waals surface area contributed by atoms with Crippen LogP contribution in [0.15, 0.2) is 47.3 Å². The summed E-state index contributed by atoms with van der Waals surface area (Å²) in [6.07, 6.45) is 7.46. The molecule has 1 fully saturated rings. The Balaban J connectivity index is 0.000000147. The lowest BCUT2D eigenvalue weighted by Crippen LogP contribution is -2.40. The predicted octanol–water partition coefficient (Wildman–Crippen LogP) is 3.92. The third-order valence-electron chi connectivity index (χ3n) is 5.41. The van der Waals surface area contributed by atoms with E-state index in [2.05, 4.69) is 16.9 Å². The minimum atomic E-state index is -0.00246. The number of carbonyl (C=O) groups excluding carboxylic acids is 1. The molecule has 0 spiro atoms. The fourth-order valence-corrected chi connectivity index (χ4v) is 3.50. The Hall–Kier alpha value is -2.56. The quantitative estimate of drug-likeness (QED) is 0.771. The van der Waals surface area contributed by atoms with Crippen molar-refractivity contribution in [1.82, 2.24) is 14.9 Å². The lowest BCUT2D eigenvalue weighted by molar-refractivity contribution is -0.138. The Kier molecular flexibility index (Phi) is 4.07. The van der Waals surface area contributed by atoms with E-state index in [0.29, 0.717) is 5.91 Å². The maximum atomic E-state index is 12.3. The Morgan fingerprint density at radius 3 is 2.92 bits per heavy atom. The van der Waals surface area contributed by atoms with Gasteiger partial charge in [0.25, 0.3) is 0 Å². The fourth-order valence-electron chi connectivity index (χ4n) is 3.50. The highest BCUT2D eigenvalue weighted by Gasteiger charge is 2.50. The van der Waals surface area contributed by atoms with E-state index in [1.54, 1.807) is 12.6 Å². The number of aromatic nitrogens is 2. The first-order valence-electron chi connectivity index (χ1n) is 8.94. The summed E-state index contributed by atoms with van der Waals surface area (Å²) in [5.41, 5.74) is 3.20. The zero-order valence-electron chi connectivity index (χ0n) is 14.5. The van der Waals surface area contributed by atoms with Crippen LogP contribution in [0.2, 0.25) is 0 Å². The highest BCUT2D eigenvalue weighted by Crippen LogP contribution is 2.50. The van der Waals surface area contributed by atoms with Crippen LogP contribution in [0.3, 0.4) is 0 Å². The normalized spacial score (nSPS) is 17.6. The van der Waals surface area contributed by atoms with Crippen LogP contribution in [-0.2, 0) is 17.8 Å². The molecule has 130 valence electrons. The second-order valence-corrected chi connectivity index (χ2v) is 6.90. The summed E-state index contributed by atoms with van der Waals surface area (Å²) in [5.74, 6) is 0.357. The molecule has 1 N–H and O–H groups in total. The summed E-state index contributed by atoms with van der Waals surface area (Å²) in [4.78, 5) is 21.7. The highest BCUT2D eigenvalue weighted by molar-refractivity contribution is 5.85. The second-order valence-electron chi connectivity index (χ2n) is 6.90. The van der Waals surface area contributed by atoms with Gasteiger partial charge in [0.15, 0.2) is 0 Å². The molecule has 0 bridgehead atoms. The molecule has 2 aromatic heterocycles. The molecule has 5 nitrogen and oxygen atoms in total. The predicted molar refractivity (Wildman–Crippen MR) is 95.9 cm³/mol. The first-order valence-corrected chi connectivity index (χ1v) is 8.94. The second kappa shape index (κ2) is 6.39. The van der Waals surface area contributed by atoms with Gasteiger partial charge in [-0.25, -0.2) is 4.98 Å². The van der Waals surface area contributed by atoms with Gasteiger partial charge in [-0.1, -0.05) is 25.1 Å². The van der Waals surface area contributed by atoms with Gasteiger partial charge in [0.05, 0.1) is 30.5 Å². The van der Waals surface area contributed by atoms with Gasteiger partial charge in [0.2, 0.25) is 5.91 Å². The Morgan fingerprint density at radius 1 is 1.32 bits per heavy atom. The number of fused-ring (bicyclic) bond motifs is 2. The number of hydrogen-bond acceptors (Lipinski definition) is 3. The average molecular weight is 337 g/mol. The molecule has 1 amide bonds. The molecule has 25 heavy (non-hydrogen) atoms. The van der Waals surface area contributed by atoms with Gasteiger partial charge in [0, 0.05) is 23.8 Å². The monoisotopic (exact) mass is 337 g/mol. The van der Waals surface area contributed by atoms with Gasteiger partial charge in [0.1, 0.15) is 5.58 Å². The van der Waals surface area contributed by atoms with Crippen LogP contribution in [0.1, 0.15) is 37.6 Å². The Bertz CT molecular complexity index is 846. The fraction of sp³-hybridized carbons (Fsp3) is 0.400. The molecular weight excluding hydrogens is 314 g/mol. The Labute approximate surface area is 147 Å². The van der Waals surface area contributed by atoms with Crippen LogP contribution in [-0.4, -0.2) is 27.3 Å². The molecule has 0 saturated heterocycles. The van der Waals surface area contributed by atoms with Gasteiger partial charge in [-0.2, -0.15) is 0 Å². The molecular formula is C20H23N3O2. The third kappa shape index (κ3) is 3.06. The maximum Gasteiger partial charge on any atom is 0.229 e. The van der Waals surface area contributed by atoms with E-state index >= 15 is 0 Å². The van der Waals surface area contributed by atoms with Crippen molar-refractivity contribution in [3.63, 3.8) is 0 Å². The van der Waals surface area contributed by atoms with Gasteiger partial charge in [-0.15, -0.1) is 0 Å². The van der Waals surface area contributed by atoms with E-state index in [1.807, 2.05) is 35.2 Å². The SMILES string of the molecule is CCC1(C(=O)N2CCc3nc[nH]c3C2)CC1.c1ccc2occc2c1. The summed E-state index contributed by atoms with van der Waals surface area (Å²) in [6.45, 7) is 3.67. The molecule has 1 aliphatic carbocycles. The molecule has 1 aromatic carbocycles. The number of carbonyl (C=O) groups is 1.